The van der Waals surface area contributed by atoms with Crippen molar-refractivity contribution in [2.24, 2.45) is 0 Å². The molecule has 0 bridgehead atoms. The molecule has 56 heavy (non-hydrogen) atoms. The molecule has 262 valence electrons. The van der Waals surface area contributed by atoms with Gasteiger partial charge in [0.15, 0.2) is 0 Å². The van der Waals surface area contributed by atoms with Crippen molar-refractivity contribution in [2.75, 3.05) is 0 Å². The summed E-state index contributed by atoms with van der Waals surface area (Å²) < 4.78 is 0. The van der Waals surface area contributed by atoms with Crippen LogP contribution in [0.4, 0.5) is 0 Å². The molecule has 0 amide bonds. The van der Waals surface area contributed by atoms with Crippen LogP contribution in [0.2, 0.25) is 0 Å². The normalized spacial score (nSPS) is 11.7. The fourth-order valence-corrected chi connectivity index (χ4v) is 7.67. The zero-order valence-corrected chi connectivity index (χ0v) is 29.6. The molecule has 0 unspecified atom stereocenters. The summed E-state index contributed by atoms with van der Waals surface area (Å²) in [6.45, 7) is 0. The van der Waals surface area contributed by atoms with E-state index in [2.05, 4.69) is 22.1 Å². The minimum absolute atomic E-state index is 0.112. The predicted molar refractivity (Wildman–Crippen MR) is 223 cm³/mol. The van der Waals surface area contributed by atoms with E-state index in [0.717, 1.165) is 99.1 Å². The molecule has 2 N–H and O–H groups in total. The summed E-state index contributed by atoms with van der Waals surface area (Å²) in [5, 5.41) is 27.8. The zero-order chi connectivity index (χ0) is 37.3. The first-order chi connectivity index (χ1) is 27.5. The molecule has 0 spiro atoms. The van der Waals surface area contributed by atoms with Gasteiger partial charge in [-0.05, 0) is 72.8 Å². The highest BCUT2D eigenvalue weighted by Gasteiger charge is 2.14. The molecule has 0 fully saturated rings. The number of phenolic OH excluding ortho intramolecular Hbond substituents is 2. The smallest absolute Gasteiger partial charge is 0.116 e. The summed E-state index contributed by atoms with van der Waals surface area (Å²) >= 11 is 0. The molecule has 5 aromatic carbocycles. The first kappa shape index (κ1) is 31.7. The summed E-state index contributed by atoms with van der Waals surface area (Å²) in [6, 6.07) is 47.0. The van der Waals surface area contributed by atoms with Crippen molar-refractivity contribution in [1.29, 1.82) is 0 Å². The van der Waals surface area contributed by atoms with Gasteiger partial charge in [0.1, 0.15) is 11.5 Å². The molecule has 6 heterocycles. The number of hydrogen-bond acceptors (Lipinski definition) is 8. The number of nitrogens with zero attached hydrogens (tertiary/aromatic N) is 6. The van der Waals surface area contributed by atoms with Crippen LogP contribution in [0, 0.1) is 0 Å². The topological polar surface area (TPSA) is 118 Å². The van der Waals surface area contributed by atoms with Gasteiger partial charge in [-0.15, -0.1) is 0 Å². The highest BCUT2D eigenvalue weighted by Crippen LogP contribution is 2.36. The Morgan fingerprint density at radius 3 is 0.875 bits per heavy atom. The summed E-state index contributed by atoms with van der Waals surface area (Å²) in [7, 11) is 0. The average Bonchev–Trinajstić information content (AvgIpc) is 3.25. The van der Waals surface area contributed by atoms with Gasteiger partial charge in [0.05, 0.1) is 55.9 Å². The molecule has 0 atom stereocenters. The van der Waals surface area contributed by atoms with Crippen molar-refractivity contribution >= 4 is 65.4 Å². The molecular formula is C48H28N6O2. The van der Waals surface area contributed by atoms with E-state index in [0.29, 0.717) is 11.4 Å². The molecule has 8 heteroatoms. The zero-order valence-electron chi connectivity index (χ0n) is 29.6. The lowest BCUT2D eigenvalue weighted by molar-refractivity contribution is 0.475. The molecule has 11 rings (SSSR count). The monoisotopic (exact) mass is 720 g/mol. The molecule has 6 aromatic heterocycles. The third kappa shape index (κ3) is 5.31. The molecule has 0 aliphatic rings. The van der Waals surface area contributed by atoms with Crippen LogP contribution in [-0.2, 0) is 0 Å². The van der Waals surface area contributed by atoms with Crippen molar-refractivity contribution in [3.63, 3.8) is 0 Å². The largest absolute Gasteiger partial charge is 0.508 e. The van der Waals surface area contributed by atoms with Crippen LogP contribution in [0.5, 0.6) is 11.5 Å². The maximum atomic E-state index is 11.0. The van der Waals surface area contributed by atoms with Crippen molar-refractivity contribution in [2.45, 2.75) is 0 Å². The fraction of sp³-hybridized carbons (Fsp3) is 0. The Morgan fingerprint density at radius 1 is 0.286 bits per heavy atom. The van der Waals surface area contributed by atoms with Crippen LogP contribution in [-0.4, -0.2) is 40.1 Å². The second kappa shape index (κ2) is 12.4. The maximum Gasteiger partial charge on any atom is 0.116 e. The van der Waals surface area contributed by atoms with Gasteiger partial charge < -0.3 is 10.2 Å². The van der Waals surface area contributed by atoms with Crippen LogP contribution in [0.25, 0.3) is 110 Å². The van der Waals surface area contributed by atoms with Crippen molar-refractivity contribution in [3.8, 4) is 56.5 Å². The standard InChI is InChI=1S/C48H28N6O2/c55-37-23-33(39-15-11-29-7-5-27-3-1-19-49-43(27)45(29)51-39)21-35(25-37)41-17-13-31-9-10-32-14-18-42(54-48(32)47(31)53-41)36-22-34(24-38(56)26-36)40-16-12-30-8-6-28-4-2-20-50-44(28)46(30)52-40/h1-26,55-56H. The van der Waals surface area contributed by atoms with Crippen molar-refractivity contribution < 1.29 is 10.2 Å². The Kier molecular flexibility index (Phi) is 6.99. The lowest BCUT2D eigenvalue weighted by Gasteiger charge is -2.11. The molecule has 11 aromatic rings. The number of phenols is 2. The number of hydrogen-bond donors (Lipinski definition) is 2. The number of aromatic nitrogens is 6. The van der Waals surface area contributed by atoms with Crippen LogP contribution >= 0.6 is 0 Å². The van der Waals surface area contributed by atoms with Gasteiger partial charge in [-0.3, -0.25) is 9.97 Å². The third-order valence-corrected chi connectivity index (χ3v) is 10.4. The van der Waals surface area contributed by atoms with Gasteiger partial charge >= 0.3 is 0 Å². The van der Waals surface area contributed by atoms with Gasteiger partial charge in [-0.25, -0.2) is 19.9 Å². The fourth-order valence-electron chi connectivity index (χ4n) is 7.67. The third-order valence-electron chi connectivity index (χ3n) is 10.4. The molecule has 0 saturated carbocycles. The van der Waals surface area contributed by atoms with Gasteiger partial charge in [0, 0.05) is 67.0 Å². The highest BCUT2D eigenvalue weighted by molar-refractivity contribution is 6.06. The number of benzene rings is 5. The van der Waals surface area contributed by atoms with E-state index in [1.807, 2.05) is 109 Å². The van der Waals surface area contributed by atoms with Gasteiger partial charge in [0.25, 0.3) is 0 Å². The Balaban J connectivity index is 1.00. The number of pyridine rings is 6. The summed E-state index contributed by atoms with van der Waals surface area (Å²) in [5.41, 5.74) is 10.6. The maximum absolute atomic E-state index is 11.0. The van der Waals surface area contributed by atoms with E-state index in [1.165, 1.54) is 0 Å². The summed E-state index contributed by atoms with van der Waals surface area (Å²) in [6.07, 6.45) is 3.55. The molecule has 0 aliphatic heterocycles. The van der Waals surface area contributed by atoms with Crippen LogP contribution in [0.1, 0.15) is 0 Å². The van der Waals surface area contributed by atoms with Gasteiger partial charge in [0.2, 0.25) is 0 Å². The molecule has 0 radical (unpaired) electrons. The van der Waals surface area contributed by atoms with E-state index in [4.69, 9.17) is 19.9 Å². The van der Waals surface area contributed by atoms with Gasteiger partial charge in [-0.1, -0.05) is 72.8 Å². The Labute approximate surface area is 319 Å². The Morgan fingerprint density at radius 2 is 0.554 bits per heavy atom. The van der Waals surface area contributed by atoms with E-state index in [9.17, 15) is 10.2 Å². The number of rotatable bonds is 4. The Bertz CT molecular complexity index is 3190. The molecule has 8 nitrogen and oxygen atoms in total. The Hall–Kier alpha value is -7.84. The van der Waals surface area contributed by atoms with Crippen molar-refractivity contribution in [1.82, 2.24) is 29.9 Å². The average molecular weight is 721 g/mol. The van der Waals surface area contributed by atoms with Gasteiger partial charge in [-0.2, -0.15) is 0 Å². The minimum Gasteiger partial charge on any atom is -0.508 e. The molecular weight excluding hydrogens is 693 g/mol. The van der Waals surface area contributed by atoms with E-state index >= 15 is 0 Å². The minimum atomic E-state index is 0.112. The number of fused-ring (bicyclic) bond motifs is 9. The first-order valence-corrected chi connectivity index (χ1v) is 18.2. The van der Waals surface area contributed by atoms with Crippen molar-refractivity contribution in [3.05, 3.63) is 158 Å². The SMILES string of the molecule is Oc1cc(-c2ccc3ccc4cccnc4c3n2)cc(-c2ccc3ccc4ccc(-c5cc(O)cc(-c6ccc7ccc8cccnc8c7n6)c5)nc4c3n2)c1. The summed E-state index contributed by atoms with van der Waals surface area (Å²) in [5.74, 6) is 0.224. The molecule has 0 saturated heterocycles. The predicted octanol–water partition coefficient (Wildman–Crippen LogP) is 11.1. The quantitative estimate of drug-likeness (QED) is 0.173. The molecule has 0 aliphatic carbocycles. The highest BCUT2D eigenvalue weighted by atomic mass is 16.3. The second-order valence-electron chi connectivity index (χ2n) is 14.0. The number of aromatic hydroxyl groups is 2. The lowest BCUT2D eigenvalue weighted by atomic mass is 10.0. The lowest BCUT2D eigenvalue weighted by Crippen LogP contribution is -1.93. The van der Waals surface area contributed by atoms with E-state index < -0.39 is 0 Å². The second-order valence-corrected chi connectivity index (χ2v) is 14.0. The van der Waals surface area contributed by atoms with Crippen LogP contribution in [0.3, 0.4) is 0 Å². The van der Waals surface area contributed by atoms with Crippen LogP contribution in [0.15, 0.2) is 158 Å². The van der Waals surface area contributed by atoms with Crippen LogP contribution < -0.4 is 0 Å². The first-order valence-electron chi connectivity index (χ1n) is 18.2. The van der Waals surface area contributed by atoms with E-state index in [-0.39, 0.29) is 11.5 Å². The van der Waals surface area contributed by atoms with E-state index in [1.54, 1.807) is 36.7 Å². The summed E-state index contributed by atoms with van der Waals surface area (Å²) in [4.78, 5) is 29.5.